The van der Waals surface area contributed by atoms with Crippen molar-refractivity contribution in [2.75, 3.05) is 6.79 Å². The first kappa shape index (κ1) is 17.3. The van der Waals surface area contributed by atoms with E-state index in [0.717, 1.165) is 11.1 Å². The minimum Gasteiger partial charge on any atom is -0.454 e. The van der Waals surface area contributed by atoms with Gasteiger partial charge in [-0.1, -0.05) is 48.0 Å². The lowest BCUT2D eigenvalue weighted by molar-refractivity contribution is 0.105. The Bertz CT molecular complexity index is 1220. The third-order valence-electron chi connectivity index (χ3n) is 4.79. The van der Waals surface area contributed by atoms with Crippen molar-refractivity contribution < 1.29 is 18.7 Å². The summed E-state index contributed by atoms with van der Waals surface area (Å²) in [5.41, 5.74) is 4.18. The Morgan fingerprint density at radius 1 is 0.966 bits per heavy atom. The number of Topliss-reactive ketones (excluding diaryl/α,β-unsaturated/α-hetero) is 1. The number of oxazole rings is 1. The Hall–Kier alpha value is -3.86. The zero-order valence-corrected chi connectivity index (χ0v) is 15.7. The van der Waals surface area contributed by atoms with Gasteiger partial charge < -0.3 is 13.9 Å². The second-order valence-electron chi connectivity index (χ2n) is 6.85. The van der Waals surface area contributed by atoms with Gasteiger partial charge >= 0.3 is 0 Å². The minimum atomic E-state index is -0.158. The summed E-state index contributed by atoms with van der Waals surface area (Å²) < 4.78 is 16.7. The van der Waals surface area contributed by atoms with Gasteiger partial charge in [0.25, 0.3) is 0 Å². The normalized spacial score (nSPS) is 13.1. The summed E-state index contributed by atoms with van der Waals surface area (Å²) in [6.07, 6.45) is 1.77. The van der Waals surface area contributed by atoms with Crippen LogP contribution in [0, 0.1) is 6.92 Å². The van der Waals surface area contributed by atoms with Crippen molar-refractivity contribution in [2.45, 2.75) is 6.92 Å². The van der Waals surface area contributed by atoms with E-state index in [1.807, 2.05) is 73.7 Å². The van der Waals surface area contributed by atoms with Crippen molar-refractivity contribution in [3.63, 3.8) is 0 Å². The molecule has 5 nitrogen and oxygen atoms in total. The van der Waals surface area contributed by atoms with Crippen LogP contribution >= 0.6 is 0 Å². The quantitative estimate of drug-likeness (QED) is 0.354. The molecule has 0 atom stereocenters. The number of allylic oxidation sites excluding steroid dienone is 1. The highest BCUT2D eigenvalue weighted by Crippen LogP contribution is 2.34. The van der Waals surface area contributed by atoms with Crippen LogP contribution in [-0.4, -0.2) is 17.6 Å². The molecule has 0 spiro atoms. The van der Waals surface area contributed by atoms with Gasteiger partial charge in [0.15, 0.2) is 22.9 Å². The summed E-state index contributed by atoms with van der Waals surface area (Å²) in [4.78, 5) is 17.9. The largest absolute Gasteiger partial charge is 0.454 e. The molecular weight excluding hydrogens is 366 g/mol. The third-order valence-corrected chi connectivity index (χ3v) is 4.79. The number of carbonyl (C=O) groups excluding carboxylic acids is 1. The molecular formula is C24H17NO4. The molecule has 5 rings (SSSR count). The Balaban J connectivity index is 1.64. The molecule has 4 aromatic rings. The first-order chi connectivity index (χ1) is 14.2. The second kappa shape index (κ2) is 6.95. The van der Waals surface area contributed by atoms with E-state index in [1.165, 1.54) is 0 Å². The maximum atomic E-state index is 13.3. The first-order valence-corrected chi connectivity index (χ1v) is 9.26. The second-order valence-corrected chi connectivity index (χ2v) is 6.85. The lowest BCUT2D eigenvalue weighted by atomic mass is 10.00. The Kier molecular flexibility index (Phi) is 4.13. The molecule has 5 heteroatoms. The van der Waals surface area contributed by atoms with Crippen LogP contribution in [0.5, 0.6) is 11.5 Å². The summed E-state index contributed by atoms with van der Waals surface area (Å²) >= 11 is 0. The molecule has 0 saturated heterocycles. The topological polar surface area (TPSA) is 61.6 Å². The van der Waals surface area contributed by atoms with Crippen LogP contribution in [0.3, 0.4) is 0 Å². The number of rotatable bonds is 4. The Morgan fingerprint density at radius 3 is 2.59 bits per heavy atom. The molecule has 2 heterocycles. The molecule has 0 N–H and O–H groups in total. The number of ether oxygens (including phenoxy) is 2. The SMILES string of the molecule is Cc1ccc(C(=O)/C(=C/c2ccc3c(c2)OCO3)c2nc3ccccc3o2)cc1. The highest BCUT2D eigenvalue weighted by Gasteiger charge is 2.21. The van der Waals surface area contributed by atoms with Gasteiger partial charge in [-0.15, -0.1) is 0 Å². The maximum absolute atomic E-state index is 13.3. The van der Waals surface area contributed by atoms with Crippen molar-refractivity contribution >= 4 is 28.5 Å². The minimum absolute atomic E-state index is 0.158. The molecule has 0 radical (unpaired) electrons. The predicted octanol–water partition coefficient (Wildman–Crippen LogP) is 5.29. The van der Waals surface area contributed by atoms with Crippen molar-refractivity contribution in [1.29, 1.82) is 0 Å². The van der Waals surface area contributed by atoms with E-state index < -0.39 is 0 Å². The molecule has 3 aromatic carbocycles. The fourth-order valence-electron chi connectivity index (χ4n) is 3.24. The van der Waals surface area contributed by atoms with Gasteiger partial charge in [-0.25, -0.2) is 4.98 Å². The number of fused-ring (bicyclic) bond motifs is 2. The summed E-state index contributed by atoms with van der Waals surface area (Å²) in [5, 5.41) is 0. The van der Waals surface area contributed by atoms with Gasteiger partial charge in [0.05, 0.1) is 5.57 Å². The molecule has 142 valence electrons. The highest BCUT2D eigenvalue weighted by atomic mass is 16.7. The zero-order chi connectivity index (χ0) is 19.8. The lowest BCUT2D eigenvalue weighted by Crippen LogP contribution is -2.03. The molecule has 1 aliphatic heterocycles. The maximum Gasteiger partial charge on any atom is 0.231 e. The smallest absolute Gasteiger partial charge is 0.231 e. The van der Waals surface area contributed by atoms with Crippen molar-refractivity contribution in [3.8, 4) is 11.5 Å². The van der Waals surface area contributed by atoms with Crippen molar-refractivity contribution in [1.82, 2.24) is 4.98 Å². The van der Waals surface area contributed by atoms with Gasteiger partial charge in [-0.3, -0.25) is 4.79 Å². The molecule has 1 aliphatic rings. The Morgan fingerprint density at radius 2 is 1.76 bits per heavy atom. The van der Waals surface area contributed by atoms with E-state index >= 15 is 0 Å². The molecule has 0 unspecified atom stereocenters. The zero-order valence-electron chi connectivity index (χ0n) is 15.7. The van der Waals surface area contributed by atoms with E-state index in [-0.39, 0.29) is 18.5 Å². The van der Waals surface area contributed by atoms with E-state index in [4.69, 9.17) is 13.9 Å². The van der Waals surface area contributed by atoms with Crippen molar-refractivity contribution in [2.24, 2.45) is 0 Å². The number of carbonyl (C=O) groups is 1. The van der Waals surface area contributed by atoms with Crippen LogP contribution in [-0.2, 0) is 0 Å². The number of para-hydroxylation sites is 2. The summed E-state index contributed by atoms with van der Waals surface area (Å²) in [5.74, 6) is 1.47. The number of nitrogens with zero attached hydrogens (tertiary/aromatic N) is 1. The van der Waals surface area contributed by atoms with Crippen LogP contribution < -0.4 is 9.47 Å². The molecule has 0 aliphatic carbocycles. The molecule has 0 fully saturated rings. The fourth-order valence-corrected chi connectivity index (χ4v) is 3.24. The average molecular weight is 383 g/mol. The van der Waals surface area contributed by atoms with E-state index in [0.29, 0.717) is 33.7 Å². The van der Waals surface area contributed by atoms with Crippen LogP contribution in [0.4, 0.5) is 0 Å². The molecule has 0 saturated carbocycles. The average Bonchev–Trinajstić information content (AvgIpc) is 3.38. The highest BCUT2D eigenvalue weighted by molar-refractivity contribution is 6.31. The summed E-state index contributed by atoms with van der Waals surface area (Å²) in [7, 11) is 0. The molecule has 29 heavy (non-hydrogen) atoms. The number of ketones is 1. The number of hydrogen-bond donors (Lipinski definition) is 0. The number of hydrogen-bond acceptors (Lipinski definition) is 5. The summed E-state index contributed by atoms with van der Waals surface area (Å²) in [6, 6.07) is 20.5. The first-order valence-electron chi connectivity index (χ1n) is 9.26. The molecule has 0 bridgehead atoms. The molecule has 1 aromatic heterocycles. The predicted molar refractivity (Wildman–Crippen MR) is 110 cm³/mol. The van der Waals surface area contributed by atoms with E-state index in [2.05, 4.69) is 4.98 Å². The van der Waals surface area contributed by atoms with Gasteiger partial charge in [0, 0.05) is 5.56 Å². The standard InChI is InChI=1S/C24H17NO4/c1-15-6-9-17(10-7-15)23(26)18(24-25-19-4-2-3-5-20(19)29-24)12-16-8-11-21-22(13-16)28-14-27-21/h2-13H,14H2,1H3/b18-12-. The molecule has 0 amide bonds. The van der Waals surface area contributed by atoms with Gasteiger partial charge in [0.1, 0.15) is 5.52 Å². The fraction of sp³-hybridized carbons (Fsp3) is 0.0833. The van der Waals surface area contributed by atoms with E-state index in [1.54, 1.807) is 6.08 Å². The van der Waals surface area contributed by atoms with Crippen LogP contribution in [0.25, 0.3) is 22.7 Å². The Labute approximate surface area is 167 Å². The van der Waals surface area contributed by atoms with Gasteiger partial charge in [0.2, 0.25) is 12.7 Å². The van der Waals surface area contributed by atoms with E-state index in [9.17, 15) is 4.79 Å². The van der Waals surface area contributed by atoms with Crippen LogP contribution in [0.1, 0.15) is 27.4 Å². The number of aromatic nitrogens is 1. The van der Waals surface area contributed by atoms with Gasteiger partial charge in [-0.05, 0) is 42.8 Å². The number of benzene rings is 3. The van der Waals surface area contributed by atoms with Crippen molar-refractivity contribution in [3.05, 3.63) is 89.3 Å². The number of aryl methyl sites for hydroxylation is 1. The van der Waals surface area contributed by atoms with Gasteiger partial charge in [-0.2, -0.15) is 0 Å². The summed E-state index contributed by atoms with van der Waals surface area (Å²) in [6.45, 7) is 2.18. The third kappa shape index (κ3) is 3.27. The monoisotopic (exact) mass is 383 g/mol. The van der Waals surface area contributed by atoms with Crippen LogP contribution in [0.15, 0.2) is 71.1 Å². The lowest BCUT2D eigenvalue weighted by Gasteiger charge is -2.05. The van der Waals surface area contributed by atoms with Crippen LogP contribution in [0.2, 0.25) is 0 Å².